The predicted molar refractivity (Wildman–Crippen MR) is 138 cm³/mol. The number of ether oxygens (including phenoxy) is 1. The third-order valence-electron chi connectivity index (χ3n) is 5.71. The maximum Gasteiger partial charge on any atom is 0.267 e. The first-order valence-corrected chi connectivity index (χ1v) is 13.3. The van der Waals surface area contributed by atoms with Crippen molar-refractivity contribution in [3.8, 4) is 11.1 Å². The summed E-state index contributed by atoms with van der Waals surface area (Å²) in [5, 5.41) is 0. The topological polar surface area (TPSA) is 89.9 Å². The van der Waals surface area contributed by atoms with E-state index < -0.39 is 22.2 Å². The van der Waals surface area contributed by atoms with Gasteiger partial charge in [0.2, 0.25) is 0 Å². The summed E-state index contributed by atoms with van der Waals surface area (Å²) in [6, 6.07) is 16.6. The van der Waals surface area contributed by atoms with Crippen molar-refractivity contribution < 1.29 is 22.8 Å². The number of rotatable bonds is 9. The predicted octanol–water partition coefficient (Wildman–Crippen LogP) is 4.04. The molecule has 36 heavy (non-hydrogen) atoms. The van der Waals surface area contributed by atoms with E-state index in [-0.39, 0.29) is 4.90 Å². The van der Waals surface area contributed by atoms with Gasteiger partial charge in [-0.2, -0.15) is 0 Å². The van der Waals surface area contributed by atoms with Crippen LogP contribution < -0.4 is 5.48 Å². The third kappa shape index (κ3) is 6.70. The largest absolute Gasteiger partial charge is 0.350 e. The highest BCUT2D eigenvalue weighted by Gasteiger charge is 2.18. The van der Waals surface area contributed by atoms with E-state index in [1.54, 1.807) is 24.3 Å². The Kier molecular flexibility index (Phi) is 8.37. The molecule has 0 radical (unpaired) electrons. The molecule has 0 spiro atoms. The van der Waals surface area contributed by atoms with E-state index in [0.29, 0.717) is 12.2 Å². The Balaban J connectivity index is 1.45. The summed E-state index contributed by atoms with van der Waals surface area (Å²) < 4.78 is 33.1. The molecule has 1 unspecified atom stereocenters. The fourth-order valence-corrected chi connectivity index (χ4v) is 5.20. The first kappa shape index (κ1) is 25.8. The lowest BCUT2D eigenvalue weighted by Crippen LogP contribution is -2.32. The summed E-state index contributed by atoms with van der Waals surface area (Å²) in [6.45, 7) is 1.41. The van der Waals surface area contributed by atoms with Crippen LogP contribution in [0.1, 0.15) is 30.4 Å². The standard InChI is InChI=1S/C27H31N3O5S/c1-29(2)19-22-7-5-8-23(17-22)24-9-6-10-25(18-24)36(32,33)30-15-14-21(20-30)12-13-26(31)28-35-27-11-3-4-16-34-27/h5-10,12-15,17-18,20,27H,3-4,11,16,19H2,1-2H3,(H,28,31). The highest BCUT2D eigenvalue weighted by molar-refractivity contribution is 7.90. The molecule has 3 aromatic rings. The molecule has 4 rings (SSSR count). The van der Waals surface area contributed by atoms with Crippen LogP contribution in [0.5, 0.6) is 0 Å². The smallest absolute Gasteiger partial charge is 0.267 e. The van der Waals surface area contributed by atoms with E-state index in [9.17, 15) is 13.2 Å². The van der Waals surface area contributed by atoms with Crippen LogP contribution in [0.25, 0.3) is 17.2 Å². The number of nitrogens with zero attached hydrogens (tertiary/aromatic N) is 2. The molecule has 1 aliphatic rings. The van der Waals surface area contributed by atoms with Crippen LogP contribution in [0.4, 0.5) is 0 Å². The lowest BCUT2D eigenvalue weighted by atomic mass is 10.0. The van der Waals surface area contributed by atoms with E-state index >= 15 is 0 Å². The Labute approximate surface area is 212 Å². The number of carbonyl (C=O) groups is 1. The third-order valence-corrected chi connectivity index (χ3v) is 7.35. The molecule has 190 valence electrons. The molecule has 1 N–H and O–H groups in total. The molecular formula is C27H31N3O5S. The van der Waals surface area contributed by atoms with Crippen molar-refractivity contribution in [2.75, 3.05) is 20.7 Å². The molecule has 1 aliphatic heterocycles. The minimum atomic E-state index is -3.81. The van der Waals surface area contributed by atoms with Crippen molar-refractivity contribution >= 4 is 22.0 Å². The Bertz CT molecular complexity index is 1320. The van der Waals surface area contributed by atoms with Gasteiger partial charge in [0.25, 0.3) is 15.9 Å². The van der Waals surface area contributed by atoms with Crippen molar-refractivity contribution in [1.29, 1.82) is 0 Å². The molecule has 2 aromatic carbocycles. The molecule has 1 atom stereocenters. The molecule has 0 saturated carbocycles. The molecule has 1 aromatic heterocycles. The quantitative estimate of drug-likeness (QED) is 0.346. The second-order valence-corrected chi connectivity index (χ2v) is 10.8. The van der Waals surface area contributed by atoms with Crippen LogP contribution in [0.2, 0.25) is 0 Å². The Morgan fingerprint density at radius 1 is 1.14 bits per heavy atom. The number of carbonyl (C=O) groups excluding carboxylic acids is 1. The summed E-state index contributed by atoms with van der Waals surface area (Å²) in [4.78, 5) is 19.5. The molecule has 8 nitrogen and oxygen atoms in total. The van der Waals surface area contributed by atoms with Crippen molar-refractivity contribution in [1.82, 2.24) is 14.4 Å². The van der Waals surface area contributed by atoms with Crippen LogP contribution in [-0.4, -0.2) is 50.2 Å². The van der Waals surface area contributed by atoms with Crippen LogP contribution in [0, 0.1) is 0 Å². The molecular weight excluding hydrogens is 478 g/mol. The lowest BCUT2D eigenvalue weighted by molar-refractivity contribution is -0.198. The van der Waals surface area contributed by atoms with Crippen LogP contribution in [0.3, 0.4) is 0 Å². The van der Waals surface area contributed by atoms with Crippen LogP contribution in [0.15, 0.2) is 78.0 Å². The number of aromatic nitrogens is 1. The summed E-state index contributed by atoms with van der Waals surface area (Å²) in [5.74, 6) is -0.455. The van der Waals surface area contributed by atoms with Gasteiger partial charge in [0.1, 0.15) is 0 Å². The van der Waals surface area contributed by atoms with Crippen molar-refractivity contribution in [3.05, 3.63) is 84.2 Å². The number of hydrogen-bond acceptors (Lipinski definition) is 6. The van der Waals surface area contributed by atoms with E-state index in [0.717, 1.165) is 46.5 Å². The highest BCUT2D eigenvalue weighted by atomic mass is 32.2. The monoisotopic (exact) mass is 509 g/mol. The SMILES string of the molecule is CN(C)Cc1cccc(-c2cccc(S(=O)(=O)n3ccc(C=CC(=O)NOC4CCCCO4)c3)c2)c1. The summed E-state index contributed by atoms with van der Waals surface area (Å²) in [7, 11) is 0.206. The maximum atomic E-state index is 13.3. The molecule has 0 aliphatic carbocycles. The summed E-state index contributed by atoms with van der Waals surface area (Å²) in [6.07, 6.45) is 8.02. The van der Waals surface area contributed by atoms with Gasteiger partial charge in [-0.15, -0.1) is 0 Å². The Hall–Kier alpha value is -3.24. The minimum absolute atomic E-state index is 0.183. The number of hydroxylamine groups is 1. The van der Waals surface area contributed by atoms with Crippen molar-refractivity contribution in [3.63, 3.8) is 0 Å². The lowest BCUT2D eigenvalue weighted by Gasteiger charge is -2.21. The van der Waals surface area contributed by atoms with Crippen LogP contribution >= 0.6 is 0 Å². The Morgan fingerprint density at radius 3 is 2.67 bits per heavy atom. The van der Waals surface area contributed by atoms with Gasteiger partial charge < -0.3 is 9.64 Å². The van der Waals surface area contributed by atoms with E-state index in [1.165, 1.54) is 24.5 Å². The van der Waals surface area contributed by atoms with Crippen molar-refractivity contribution in [2.45, 2.75) is 37.0 Å². The normalized spacial score (nSPS) is 16.5. The molecule has 9 heteroatoms. The van der Waals surface area contributed by atoms with Gasteiger partial charge in [0.05, 0.1) is 4.90 Å². The van der Waals surface area contributed by atoms with E-state index in [2.05, 4.69) is 22.5 Å². The second kappa shape index (κ2) is 11.7. The summed E-state index contributed by atoms with van der Waals surface area (Å²) in [5.41, 5.74) is 5.83. The minimum Gasteiger partial charge on any atom is -0.350 e. The molecule has 1 saturated heterocycles. The number of amides is 1. The van der Waals surface area contributed by atoms with E-state index in [1.807, 2.05) is 32.3 Å². The zero-order valence-corrected chi connectivity index (χ0v) is 21.3. The fourth-order valence-electron chi connectivity index (χ4n) is 3.95. The average Bonchev–Trinajstić information content (AvgIpc) is 3.37. The van der Waals surface area contributed by atoms with Gasteiger partial charge in [0.15, 0.2) is 6.29 Å². The van der Waals surface area contributed by atoms with Gasteiger partial charge in [0, 0.05) is 38.0 Å². The van der Waals surface area contributed by atoms with Crippen molar-refractivity contribution in [2.24, 2.45) is 0 Å². The van der Waals surface area contributed by atoms with Gasteiger partial charge in [-0.1, -0.05) is 30.3 Å². The van der Waals surface area contributed by atoms with Gasteiger partial charge >= 0.3 is 0 Å². The van der Waals surface area contributed by atoms with Gasteiger partial charge in [-0.3, -0.25) is 4.79 Å². The first-order valence-electron chi connectivity index (χ1n) is 11.8. The molecule has 2 heterocycles. The zero-order chi connectivity index (χ0) is 25.5. The van der Waals surface area contributed by atoms with Crippen LogP contribution in [-0.2, 0) is 30.9 Å². The van der Waals surface area contributed by atoms with E-state index in [4.69, 9.17) is 9.57 Å². The van der Waals surface area contributed by atoms with Gasteiger partial charge in [-0.05, 0) is 79.5 Å². The van der Waals surface area contributed by atoms with Gasteiger partial charge in [-0.25, -0.2) is 22.7 Å². The molecule has 0 bridgehead atoms. The molecule has 1 amide bonds. The fraction of sp³-hybridized carbons (Fsp3) is 0.296. The Morgan fingerprint density at radius 2 is 1.92 bits per heavy atom. The first-order chi connectivity index (χ1) is 17.3. The average molecular weight is 510 g/mol. The molecule has 1 fully saturated rings. The number of benzene rings is 2. The highest BCUT2D eigenvalue weighted by Crippen LogP contribution is 2.25. The summed E-state index contributed by atoms with van der Waals surface area (Å²) >= 11 is 0. The zero-order valence-electron chi connectivity index (χ0n) is 20.5. The maximum absolute atomic E-state index is 13.3. The number of nitrogens with one attached hydrogen (secondary N) is 1. The number of hydrogen-bond donors (Lipinski definition) is 1. The second-order valence-electron chi connectivity index (χ2n) is 8.96.